The highest BCUT2D eigenvalue weighted by Gasteiger charge is 2.14. The van der Waals surface area contributed by atoms with Gasteiger partial charge in [-0.1, -0.05) is 92.9 Å². The third-order valence-electron chi connectivity index (χ3n) is 4.63. The predicted molar refractivity (Wildman–Crippen MR) is 113 cm³/mol. The van der Waals surface area contributed by atoms with Crippen molar-refractivity contribution in [1.82, 2.24) is 0 Å². The van der Waals surface area contributed by atoms with Crippen LogP contribution in [0.2, 0.25) is 0 Å². The Bertz CT molecular complexity index is 887. The highest BCUT2D eigenvalue weighted by atomic mass is 16.7. The van der Waals surface area contributed by atoms with Crippen LogP contribution in [0.1, 0.15) is 38.2 Å². The number of unbranched alkanes of at least 4 members (excludes halogenated alkanes) is 3. The quantitative estimate of drug-likeness (QED) is 0.241. The number of hydrogen-bond donors (Lipinski definition) is 0. The van der Waals surface area contributed by atoms with Crippen molar-refractivity contribution in [3.05, 3.63) is 84.4 Å². The molecule has 0 saturated heterocycles. The Morgan fingerprint density at radius 2 is 1.36 bits per heavy atom. The van der Waals surface area contributed by atoms with Crippen molar-refractivity contribution in [1.29, 1.82) is 0 Å². The number of ether oxygens (including phenoxy) is 2. The number of carbonyl (C=O) groups is 1. The first-order valence-corrected chi connectivity index (χ1v) is 9.90. The van der Waals surface area contributed by atoms with Crippen LogP contribution in [0.4, 0.5) is 4.79 Å². The Kier molecular flexibility index (Phi) is 7.25. The molecule has 0 amide bonds. The molecule has 0 radical (unpaired) electrons. The van der Waals surface area contributed by atoms with Crippen LogP contribution >= 0.6 is 0 Å². The first-order chi connectivity index (χ1) is 13.8. The first-order valence-electron chi connectivity index (χ1n) is 9.90. The van der Waals surface area contributed by atoms with Gasteiger partial charge in [0.05, 0.1) is 0 Å². The third-order valence-corrected chi connectivity index (χ3v) is 4.63. The number of benzene rings is 3. The summed E-state index contributed by atoms with van der Waals surface area (Å²) in [5, 5.41) is 0. The summed E-state index contributed by atoms with van der Waals surface area (Å²) < 4.78 is 11.1. The smallest absolute Gasteiger partial charge is 0.394 e. The van der Waals surface area contributed by atoms with E-state index in [1.807, 2.05) is 72.8 Å². The molecule has 0 atom stereocenters. The molecule has 0 N–H and O–H groups in total. The molecular weight excluding hydrogens is 348 g/mol. The zero-order valence-corrected chi connectivity index (χ0v) is 16.3. The van der Waals surface area contributed by atoms with E-state index in [4.69, 9.17) is 9.47 Å². The van der Waals surface area contributed by atoms with Gasteiger partial charge in [0.1, 0.15) is 11.5 Å². The van der Waals surface area contributed by atoms with Crippen LogP contribution in [-0.4, -0.2) is 6.16 Å². The Hall–Kier alpha value is -3.07. The zero-order valence-electron chi connectivity index (χ0n) is 16.3. The van der Waals surface area contributed by atoms with Crippen molar-refractivity contribution in [2.45, 2.75) is 39.0 Å². The first kappa shape index (κ1) is 19.7. The third kappa shape index (κ3) is 5.46. The lowest BCUT2D eigenvalue weighted by Crippen LogP contribution is -2.15. The second kappa shape index (κ2) is 10.3. The molecule has 3 heteroatoms. The minimum Gasteiger partial charge on any atom is -0.394 e. The molecule has 3 nitrogen and oxygen atoms in total. The summed E-state index contributed by atoms with van der Waals surface area (Å²) in [6.07, 6.45) is 4.86. The van der Waals surface area contributed by atoms with Crippen LogP contribution in [0.3, 0.4) is 0 Å². The van der Waals surface area contributed by atoms with E-state index < -0.39 is 6.16 Å². The van der Waals surface area contributed by atoms with Crippen molar-refractivity contribution in [2.75, 3.05) is 0 Å². The molecule has 3 aromatic carbocycles. The van der Waals surface area contributed by atoms with Crippen LogP contribution in [0.5, 0.6) is 11.5 Å². The number of aryl methyl sites for hydroxylation is 1. The molecule has 0 aliphatic rings. The van der Waals surface area contributed by atoms with Gasteiger partial charge >= 0.3 is 6.16 Å². The van der Waals surface area contributed by atoms with Crippen molar-refractivity contribution < 1.29 is 14.3 Å². The van der Waals surface area contributed by atoms with Crippen molar-refractivity contribution in [3.8, 4) is 22.6 Å². The van der Waals surface area contributed by atoms with E-state index in [-0.39, 0.29) is 0 Å². The van der Waals surface area contributed by atoms with Gasteiger partial charge in [-0.05, 0) is 36.1 Å². The summed E-state index contributed by atoms with van der Waals surface area (Å²) in [6.45, 7) is 2.19. The molecule has 144 valence electrons. The van der Waals surface area contributed by atoms with Crippen LogP contribution < -0.4 is 9.47 Å². The van der Waals surface area contributed by atoms with Crippen LogP contribution in [-0.2, 0) is 6.42 Å². The summed E-state index contributed by atoms with van der Waals surface area (Å²) >= 11 is 0. The lowest BCUT2D eigenvalue weighted by Gasteiger charge is -2.12. The van der Waals surface area contributed by atoms with Crippen molar-refractivity contribution in [2.24, 2.45) is 0 Å². The average Bonchev–Trinajstić information content (AvgIpc) is 2.73. The Labute approximate surface area is 166 Å². The van der Waals surface area contributed by atoms with E-state index in [0.717, 1.165) is 29.5 Å². The summed E-state index contributed by atoms with van der Waals surface area (Å²) in [5.74, 6) is 1.06. The highest BCUT2D eigenvalue weighted by Crippen LogP contribution is 2.30. The topological polar surface area (TPSA) is 35.5 Å². The van der Waals surface area contributed by atoms with Gasteiger partial charge in [-0.3, -0.25) is 0 Å². The minimum absolute atomic E-state index is 0.485. The summed E-state index contributed by atoms with van der Waals surface area (Å²) in [5.41, 5.74) is 2.88. The van der Waals surface area contributed by atoms with Gasteiger partial charge < -0.3 is 9.47 Å². The molecule has 0 spiro atoms. The fraction of sp³-hybridized carbons (Fsp3) is 0.240. The monoisotopic (exact) mass is 374 g/mol. The van der Waals surface area contributed by atoms with E-state index in [1.165, 1.54) is 19.3 Å². The summed E-state index contributed by atoms with van der Waals surface area (Å²) in [6, 6.07) is 25.0. The molecular formula is C25H26O3. The van der Waals surface area contributed by atoms with E-state index in [1.54, 1.807) is 6.07 Å². The molecule has 3 aromatic rings. The summed E-state index contributed by atoms with van der Waals surface area (Å²) in [4.78, 5) is 12.4. The van der Waals surface area contributed by atoms with Gasteiger partial charge in [-0.15, -0.1) is 0 Å². The van der Waals surface area contributed by atoms with Gasteiger partial charge in [-0.2, -0.15) is 0 Å². The molecule has 0 bridgehead atoms. The van der Waals surface area contributed by atoms with Crippen molar-refractivity contribution >= 4 is 6.16 Å². The Morgan fingerprint density at radius 3 is 2.14 bits per heavy atom. The number of hydrogen-bond acceptors (Lipinski definition) is 3. The summed E-state index contributed by atoms with van der Waals surface area (Å²) in [7, 11) is 0. The molecule has 0 aliphatic carbocycles. The second-order valence-corrected chi connectivity index (χ2v) is 6.73. The SMILES string of the molecule is CCCCCCc1ccccc1OC(=O)Oc1ccccc1-c1ccccc1. The molecule has 0 fully saturated rings. The van der Waals surface area contributed by atoms with Gasteiger partial charge in [0.2, 0.25) is 0 Å². The van der Waals surface area contributed by atoms with Gasteiger partial charge in [0, 0.05) is 5.56 Å². The molecule has 0 aromatic heterocycles. The molecule has 0 saturated carbocycles. The van der Waals surface area contributed by atoms with E-state index in [2.05, 4.69) is 6.92 Å². The maximum atomic E-state index is 12.4. The fourth-order valence-corrected chi connectivity index (χ4v) is 3.16. The standard InChI is InChI=1S/C25H26O3/c1-2-3-4-6-15-21-16-9-11-18-23(21)27-25(26)28-24-19-12-10-17-22(24)20-13-7-5-8-14-20/h5,7-14,16-19H,2-4,6,15H2,1H3. The number of carbonyl (C=O) groups excluding carboxylic acids is 1. The van der Waals surface area contributed by atoms with Crippen LogP contribution in [0.15, 0.2) is 78.9 Å². The zero-order chi connectivity index (χ0) is 19.6. The van der Waals surface area contributed by atoms with E-state index >= 15 is 0 Å². The van der Waals surface area contributed by atoms with E-state index in [9.17, 15) is 4.79 Å². The van der Waals surface area contributed by atoms with E-state index in [0.29, 0.717) is 11.5 Å². The van der Waals surface area contributed by atoms with Gasteiger partial charge in [-0.25, -0.2) is 4.79 Å². The lowest BCUT2D eigenvalue weighted by atomic mass is 10.1. The molecule has 0 heterocycles. The molecule has 3 rings (SSSR count). The van der Waals surface area contributed by atoms with Crippen LogP contribution in [0.25, 0.3) is 11.1 Å². The minimum atomic E-state index is -0.718. The number of rotatable bonds is 8. The van der Waals surface area contributed by atoms with Gasteiger partial charge in [0.25, 0.3) is 0 Å². The average molecular weight is 374 g/mol. The number of para-hydroxylation sites is 2. The Balaban J connectivity index is 1.69. The lowest BCUT2D eigenvalue weighted by molar-refractivity contribution is 0.151. The highest BCUT2D eigenvalue weighted by molar-refractivity contribution is 5.75. The predicted octanol–water partition coefficient (Wildman–Crippen LogP) is 7.05. The fourth-order valence-electron chi connectivity index (χ4n) is 3.16. The molecule has 28 heavy (non-hydrogen) atoms. The molecule has 0 unspecified atom stereocenters. The van der Waals surface area contributed by atoms with Gasteiger partial charge in [0.15, 0.2) is 0 Å². The van der Waals surface area contributed by atoms with Crippen molar-refractivity contribution in [3.63, 3.8) is 0 Å². The Morgan fingerprint density at radius 1 is 0.714 bits per heavy atom. The normalized spacial score (nSPS) is 10.5. The van der Waals surface area contributed by atoms with Crippen LogP contribution in [0, 0.1) is 0 Å². The maximum absolute atomic E-state index is 12.4. The molecule has 0 aliphatic heterocycles. The second-order valence-electron chi connectivity index (χ2n) is 6.73. The largest absolute Gasteiger partial charge is 0.519 e. The maximum Gasteiger partial charge on any atom is 0.519 e.